The summed E-state index contributed by atoms with van der Waals surface area (Å²) in [6.45, 7) is 7.97. The second kappa shape index (κ2) is 8.63. The standard InChI is InChI=1S/C26H32N4O3/c1-18(20-11-13-21(14-12-20)23-28-27-19(2)29(23)5)30-16-15-26(33-24(30)31,17-25(3,4)32)22-9-7-6-8-10-22/h6-14,18,32H,15-17H2,1-5H3/t18-,26?/m0/s1. The van der Waals surface area contributed by atoms with Crippen LogP contribution in [0.15, 0.2) is 54.6 Å². The highest BCUT2D eigenvalue weighted by Gasteiger charge is 2.46. The third kappa shape index (κ3) is 4.64. The number of aliphatic hydroxyl groups is 1. The summed E-state index contributed by atoms with van der Waals surface area (Å²) < 4.78 is 8.06. The lowest BCUT2D eigenvalue weighted by Gasteiger charge is -2.45. The topological polar surface area (TPSA) is 80.5 Å². The van der Waals surface area contributed by atoms with Gasteiger partial charge in [0.1, 0.15) is 11.4 Å². The van der Waals surface area contributed by atoms with Crippen LogP contribution < -0.4 is 0 Å². The van der Waals surface area contributed by atoms with Gasteiger partial charge in [-0.3, -0.25) is 0 Å². The number of aromatic nitrogens is 3. The lowest BCUT2D eigenvalue weighted by atomic mass is 9.80. The number of carbonyl (C=O) groups is 1. The van der Waals surface area contributed by atoms with Crippen molar-refractivity contribution in [1.29, 1.82) is 0 Å². The maximum Gasteiger partial charge on any atom is 0.411 e. The van der Waals surface area contributed by atoms with Crippen LogP contribution in [0, 0.1) is 6.92 Å². The minimum absolute atomic E-state index is 0.149. The Hall–Kier alpha value is -3.19. The summed E-state index contributed by atoms with van der Waals surface area (Å²) in [6.07, 6.45) is 0.576. The van der Waals surface area contributed by atoms with Crippen LogP contribution in [0.1, 0.15) is 56.6 Å². The number of hydrogen-bond acceptors (Lipinski definition) is 5. The minimum Gasteiger partial charge on any atom is -0.438 e. The summed E-state index contributed by atoms with van der Waals surface area (Å²) in [5.74, 6) is 1.66. The molecule has 4 rings (SSSR count). The fourth-order valence-corrected chi connectivity index (χ4v) is 4.64. The molecule has 2 atom stereocenters. The molecule has 7 heteroatoms. The van der Waals surface area contributed by atoms with Gasteiger partial charge in [0.15, 0.2) is 5.82 Å². The van der Waals surface area contributed by atoms with Gasteiger partial charge < -0.3 is 19.3 Å². The largest absolute Gasteiger partial charge is 0.438 e. The molecule has 0 radical (unpaired) electrons. The first kappa shape index (κ1) is 23.0. The third-order valence-corrected chi connectivity index (χ3v) is 6.50. The van der Waals surface area contributed by atoms with Crippen LogP contribution in [0.4, 0.5) is 4.79 Å². The molecule has 3 aromatic rings. The highest BCUT2D eigenvalue weighted by Crippen LogP contribution is 2.42. The number of aryl methyl sites for hydroxylation is 1. The Balaban J connectivity index is 1.54. The molecule has 2 heterocycles. The first-order valence-corrected chi connectivity index (χ1v) is 11.3. The van der Waals surface area contributed by atoms with Crippen molar-refractivity contribution in [2.45, 2.75) is 57.8 Å². The quantitative estimate of drug-likeness (QED) is 0.589. The Morgan fingerprint density at radius 1 is 1.12 bits per heavy atom. The fourth-order valence-electron chi connectivity index (χ4n) is 4.64. The maximum atomic E-state index is 13.2. The third-order valence-electron chi connectivity index (χ3n) is 6.50. The van der Waals surface area contributed by atoms with Gasteiger partial charge in [-0.1, -0.05) is 54.6 Å². The molecule has 1 N–H and O–H groups in total. The van der Waals surface area contributed by atoms with Crippen LogP contribution in [-0.4, -0.2) is 43.0 Å². The van der Waals surface area contributed by atoms with Crippen molar-refractivity contribution in [3.05, 3.63) is 71.5 Å². The Morgan fingerprint density at radius 3 is 2.33 bits per heavy atom. The van der Waals surface area contributed by atoms with Gasteiger partial charge >= 0.3 is 6.09 Å². The molecule has 0 aliphatic carbocycles. The minimum atomic E-state index is -0.974. The van der Waals surface area contributed by atoms with E-state index in [4.69, 9.17) is 4.74 Å². The molecule has 1 amide bonds. The molecule has 174 valence electrons. The van der Waals surface area contributed by atoms with E-state index in [-0.39, 0.29) is 12.1 Å². The second-order valence-electron chi connectivity index (χ2n) is 9.59. The average molecular weight is 449 g/mol. The van der Waals surface area contributed by atoms with Crippen molar-refractivity contribution >= 4 is 6.09 Å². The maximum absolute atomic E-state index is 13.2. The SMILES string of the molecule is Cc1nnc(-c2ccc([C@H](C)N3CCC(CC(C)(C)O)(c4ccccc4)OC3=O)cc2)n1C. The van der Waals surface area contributed by atoms with Gasteiger partial charge in [-0.25, -0.2) is 4.79 Å². The Labute approximate surface area is 195 Å². The average Bonchev–Trinajstić information content (AvgIpc) is 3.11. The van der Waals surface area contributed by atoms with Crippen molar-refractivity contribution in [3.63, 3.8) is 0 Å². The van der Waals surface area contributed by atoms with Crippen molar-refractivity contribution in [2.24, 2.45) is 7.05 Å². The first-order valence-electron chi connectivity index (χ1n) is 11.3. The lowest BCUT2D eigenvalue weighted by molar-refractivity contribution is -0.101. The number of ether oxygens (including phenoxy) is 1. The van der Waals surface area contributed by atoms with Crippen LogP contribution in [0.3, 0.4) is 0 Å². The van der Waals surface area contributed by atoms with Crippen LogP contribution in [0.2, 0.25) is 0 Å². The summed E-state index contributed by atoms with van der Waals surface area (Å²) in [5, 5.41) is 18.9. The number of rotatable bonds is 6. The van der Waals surface area contributed by atoms with E-state index in [1.165, 1.54) is 0 Å². The molecule has 0 saturated carbocycles. The van der Waals surface area contributed by atoms with E-state index in [0.29, 0.717) is 19.4 Å². The highest BCUT2D eigenvalue weighted by atomic mass is 16.6. The zero-order chi connectivity index (χ0) is 23.8. The van der Waals surface area contributed by atoms with Gasteiger partial charge in [0.25, 0.3) is 0 Å². The van der Waals surface area contributed by atoms with E-state index in [9.17, 15) is 9.90 Å². The highest BCUT2D eigenvalue weighted by molar-refractivity contribution is 5.70. The van der Waals surface area contributed by atoms with Crippen LogP contribution >= 0.6 is 0 Å². The molecule has 1 aliphatic rings. The summed E-state index contributed by atoms with van der Waals surface area (Å²) in [4.78, 5) is 15.0. The molecule has 1 saturated heterocycles. The summed E-state index contributed by atoms with van der Waals surface area (Å²) >= 11 is 0. The number of amides is 1. The zero-order valence-corrected chi connectivity index (χ0v) is 19.9. The zero-order valence-electron chi connectivity index (χ0n) is 19.9. The molecule has 0 bridgehead atoms. The number of hydrogen-bond donors (Lipinski definition) is 1. The van der Waals surface area contributed by atoms with Gasteiger partial charge in [0.2, 0.25) is 0 Å². The smallest absolute Gasteiger partial charge is 0.411 e. The van der Waals surface area contributed by atoms with E-state index in [1.807, 2.05) is 80.1 Å². The molecule has 1 aliphatic heterocycles. The molecule has 2 aromatic carbocycles. The molecule has 1 fully saturated rings. The van der Waals surface area contributed by atoms with Crippen molar-refractivity contribution in [3.8, 4) is 11.4 Å². The van der Waals surface area contributed by atoms with E-state index < -0.39 is 11.2 Å². The van der Waals surface area contributed by atoms with E-state index in [1.54, 1.807) is 18.7 Å². The predicted molar refractivity (Wildman–Crippen MR) is 126 cm³/mol. The summed E-state index contributed by atoms with van der Waals surface area (Å²) in [5.41, 5.74) is 1.08. The van der Waals surface area contributed by atoms with Gasteiger partial charge in [-0.05, 0) is 38.8 Å². The Bertz CT molecular complexity index is 1120. The molecule has 1 unspecified atom stereocenters. The van der Waals surface area contributed by atoms with E-state index in [0.717, 1.165) is 28.3 Å². The van der Waals surface area contributed by atoms with Crippen LogP contribution in [0.25, 0.3) is 11.4 Å². The van der Waals surface area contributed by atoms with Crippen molar-refractivity contribution in [1.82, 2.24) is 19.7 Å². The van der Waals surface area contributed by atoms with Gasteiger partial charge in [-0.15, -0.1) is 10.2 Å². The molecular weight excluding hydrogens is 416 g/mol. The molecule has 33 heavy (non-hydrogen) atoms. The molecule has 7 nitrogen and oxygen atoms in total. The van der Waals surface area contributed by atoms with E-state index in [2.05, 4.69) is 10.2 Å². The summed E-state index contributed by atoms with van der Waals surface area (Å²) in [7, 11) is 1.94. The fraction of sp³-hybridized carbons (Fsp3) is 0.423. The van der Waals surface area contributed by atoms with E-state index >= 15 is 0 Å². The van der Waals surface area contributed by atoms with Gasteiger partial charge in [-0.2, -0.15) is 0 Å². The first-order chi connectivity index (χ1) is 15.6. The number of benzene rings is 2. The van der Waals surface area contributed by atoms with Crippen LogP contribution in [-0.2, 0) is 17.4 Å². The Kier molecular flexibility index (Phi) is 6.01. The lowest BCUT2D eigenvalue weighted by Crippen LogP contribution is -2.51. The summed E-state index contributed by atoms with van der Waals surface area (Å²) in [6, 6.07) is 17.6. The second-order valence-corrected chi connectivity index (χ2v) is 9.59. The molecule has 0 spiro atoms. The van der Waals surface area contributed by atoms with Crippen molar-refractivity contribution < 1.29 is 14.6 Å². The molecular formula is C26H32N4O3. The number of cyclic esters (lactones) is 1. The monoisotopic (exact) mass is 448 g/mol. The number of carbonyl (C=O) groups excluding carboxylic acids is 1. The Morgan fingerprint density at radius 2 is 1.79 bits per heavy atom. The van der Waals surface area contributed by atoms with Crippen molar-refractivity contribution in [2.75, 3.05) is 6.54 Å². The van der Waals surface area contributed by atoms with Gasteiger partial charge in [0.05, 0.1) is 11.6 Å². The normalized spacial score (nSPS) is 19.9. The van der Waals surface area contributed by atoms with Crippen LogP contribution in [0.5, 0.6) is 0 Å². The number of nitrogens with zero attached hydrogens (tertiary/aromatic N) is 4. The van der Waals surface area contributed by atoms with Gasteiger partial charge in [0, 0.05) is 32.0 Å². The molecule has 1 aromatic heterocycles. The predicted octanol–water partition coefficient (Wildman–Crippen LogP) is 4.75.